The summed E-state index contributed by atoms with van der Waals surface area (Å²) >= 11 is 0. The van der Waals surface area contributed by atoms with E-state index >= 15 is 0 Å². The SMILES string of the molecule is BCC(=O)[C@H]1CC[C@H]2[C@@H]3CC[C@H]4C[C@@](O)(COCC)CC[C@@H]4[C@H]3CC[C@]12C. The topological polar surface area (TPSA) is 46.5 Å². The van der Waals surface area contributed by atoms with E-state index in [4.69, 9.17) is 4.74 Å². The van der Waals surface area contributed by atoms with E-state index in [-0.39, 0.29) is 5.41 Å². The van der Waals surface area contributed by atoms with E-state index in [1.165, 1.54) is 38.5 Å². The Morgan fingerprint density at radius 2 is 1.85 bits per heavy atom. The summed E-state index contributed by atoms with van der Waals surface area (Å²) in [6.45, 7) is 5.67. The van der Waals surface area contributed by atoms with Crippen LogP contribution in [0.25, 0.3) is 0 Å². The lowest BCUT2D eigenvalue weighted by Crippen LogP contribution is -2.52. The third kappa shape index (κ3) is 3.33. The molecule has 4 heteroatoms. The summed E-state index contributed by atoms with van der Waals surface area (Å²) in [5, 5.41) is 11.0. The van der Waals surface area contributed by atoms with Gasteiger partial charge in [-0.25, -0.2) is 0 Å². The Labute approximate surface area is 166 Å². The third-order valence-electron chi connectivity index (χ3n) is 9.42. The zero-order valence-electron chi connectivity index (χ0n) is 17.7. The van der Waals surface area contributed by atoms with Crippen LogP contribution >= 0.6 is 0 Å². The highest BCUT2D eigenvalue weighted by atomic mass is 16.5. The molecular formula is C23H39BO3. The third-order valence-corrected chi connectivity index (χ3v) is 9.42. The van der Waals surface area contributed by atoms with Crippen LogP contribution in [-0.2, 0) is 9.53 Å². The lowest BCUT2D eigenvalue weighted by molar-refractivity contribution is -0.136. The molecule has 0 aromatic rings. The zero-order valence-corrected chi connectivity index (χ0v) is 17.7. The predicted molar refractivity (Wildman–Crippen MR) is 110 cm³/mol. The Bertz CT molecular complexity index is 566. The monoisotopic (exact) mass is 374 g/mol. The minimum absolute atomic E-state index is 0.269. The van der Waals surface area contributed by atoms with Crippen molar-refractivity contribution in [1.82, 2.24) is 0 Å². The standard InChI is InChI=1S/C23H39BO3/c1-3-27-14-23(26)11-9-16-15(12-23)4-5-18-17(16)8-10-22(2)19(18)6-7-20(22)21(25)13-24/h15-20,26H,3-14,24H2,1-2H3/t15-,16-,17+,18+,19-,20+,22-,23+/m0/s1. The van der Waals surface area contributed by atoms with Gasteiger partial charge in [-0.05, 0) is 106 Å². The number of hydrogen-bond acceptors (Lipinski definition) is 3. The Balaban J connectivity index is 1.47. The average molecular weight is 374 g/mol. The van der Waals surface area contributed by atoms with Crippen molar-refractivity contribution in [3.63, 3.8) is 0 Å². The van der Waals surface area contributed by atoms with Crippen LogP contribution in [0.3, 0.4) is 0 Å². The second-order valence-corrected chi connectivity index (χ2v) is 10.5. The summed E-state index contributed by atoms with van der Waals surface area (Å²) in [6, 6.07) is 0. The van der Waals surface area contributed by atoms with Crippen molar-refractivity contribution in [3.8, 4) is 0 Å². The summed E-state index contributed by atoms with van der Waals surface area (Å²) in [5.74, 6) is 4.77. The number of fused-ring (bicyclic) bond motifs is 5. The van der Waals surface area contributed by atoms with Crippen LogP contribution < -0.4 is 0 Å². The minimum Gasteiger partial charge on any atom is -0.387 e. The highest BCUT2D eigenvalue weighted by molar-refractivity contribution is 6.20. The molecule has 0 heterocycles. The van der Waals surface area contributed by atoms with Gasteiger partial charge in [0.1, 0.15) is 13.6 Å². The van der Waals surface area contributed by atoms with Crippen molar-refractivity contribution in [2.75, 3.05) is 13.2 Å². The minimum atomic E-state index is -0.584. The van der Waals surface area contributed by atoms with E-state index in [9.17, 15) is 9.90 Å². The molecule has 0 spiro atoms. The first kappa shape index (κ1) is 19.9. The molecule has 0 unspecified atom stereocenters. The van der Waals surface area contributed by atoms with Gasteiger partial charge in [0.2, 0.25) is 0 Å². The van der Waals surface area contributed by atoms with Crippen LogP contribution in [0.5, 0.6) is 0 Å². The fourth-order valence-electron chi connectivity index (χ4n) is 8.16. The Hall–Kier alpha value is -0.345. The summed E-state index contributed by atoms with van der Waals surface area (Å²) in [5.41, 5.74) is -0.315. The van der Waals surface area contributed by atoms with Gasteiger partial charge in [0.25, 0.3) is 0 Å². The molecule has 0 bridgehead atoms. The van der Waals surface area contributed by atoms with Crippen molar-refractivity contribution < 1.29 is 14.6 Å². The van der Waals surface area contributed by atoms with Crippen molar-refractivity contribution in [2.45, 2.75) is 83.6 Å². The van der Waals surface area contributed by atoms with Gasteiger partial charge >= 0.3 is 0 Å². The predicted octanol–water partition coefficient (Wildman–Crippen LogP) is 3.64. The van der Waals surface area contributed by atoms with Crippen LogP contribution in [0.2, 0.25) is 6.32 Å². The maximum absolute atomic E-state index is 12.6. The molecule has 152 valence electrons. The number of ketones is 1. The fourth-order valence-corrected chi connectivity index (χ4v) is 8.16. The number of rotatable bonds is 5. The summed E-state index contributed by atoms with van der Waals surface area (Å²) in [6.07, 6.45) is 11.3. The molecule has 3 nitrogen and oxygen atoms in total. The average Bonchev–Trinajstić information content (AvgIpc) is 3.02. The second kappa shape index (κ2) is 7.48. The number of ether oxygens (including phenoxy) is 1. The highest BCUT2D eigenvalue weighted by Crippen LogP contribution is 2.64. The van der Waals surface area contributed by atoms with E-state index in [2.05, 4.69) is 6.92 Å². The van der Waals surface area contributed by atoms with Crippen LogP contribution in [0, 0.1) is 40.9 Å². The van der Waals surface area contributed by atoms with Gasteiger partial charge < -0.3 is 14.6 Å². The quantitative estimate of drug-likeness (QED) is 0.748. The number of hydrogen-bond donors (Lipinski definition) is 1. The van der Waals surface area contributed by atoms with Crippen molar-refractivity contribution in [1.29, 1.82) is 0 Å². The van der Waals surface area contributed by atoms with E-state index in [0.29, 0.717) is 37.2 Å². The second-order valence-electron chi connectivity index (χ2n) is 10.5. The van der Waals surface area contributed by atoms with Gasteiger partial charge in [-0.1, -0.05) is 6.92 Å². The van der Waals surface area contributed by atoms with Crippen LogP contribution in [0.4, 0.5) is 0 Å². The summed E-state index contributed by atoms with van der Waals surface area (Å²) < 4.78 is 5.60. The fraction of sp³-hybridized carbons (Fsp3) is 0.957. The van der Waals surface area contributed by atoms with Crippen molar-refractivity contribution in [3.05, 3.63) is 0 Å². The molecule has 1 N–H and O–H groups in total. The van der Waals surface area contributed by atoms with Crippen LogP contribution in [0.1, 0.15) is 71.6 Å². The van der Waals surface area contributed by atoms with Crippen molar-refractivity contribution in [2.24, 2.45) is 40.9 Å². The number of Topliss-reactive ketones (excluding diaryl/α,β-unsaturated/α-hetero) is 1. The molecule has 8 atom stereocenters. The highest BCUT2D eigenvalue weighted by Gasteiger charge is 2.58. The number of aliphatic hydroxyl groups is 1. The summed E-state index contributed by atoms with van der Waals surface area (Å²) in [4.78, 5) is 12.6. The molecule has 4 aliphatic rings. The van der Waals surface area contributed by atoms with Gasteiger partial charge in [-0.15, -0.1) is 0 Å². The zero-order chi connectivity index (χ0) is 19.2. The molecule has 4 rings (SSSR count). The van der Waals surface area contributed by atoms with E-state index in [1.54, 1.807) is 0 Å². The van der Waals surface area contributed by atoms with E-state index in [0.717, 1.165) is 42.9 Å². The Morgan fingerprint density at radius 1 is 1.07 bits per heavy atom. The molecule has 0 saturated heterocycles. The van der Waals surface area contributed by atoms with E-state index in [1.807, 2.05) is 14.8 Å². The van der Waals surface area contributed by atoms with Crippen molar-refractivity contribution >= 4 is 13.6 Å². The van der Waals surface area contributed by atoms with E-state index < -0.39 is 5.60 Å². The first-order valence-corrected chi connectivity index (χ1v) is 11.7. The number of carbonyl (C=O) groups is 1. The molecule has 4 aliphatic carbocycles. The lowest BCUT2D eigenvalue weighted by atomic mass is 9.48. The van der Waals surface area contributed by atoms with Gasteiger partial charge in [-0.3, -0.25) is 0 Å². The van der Waals surface area contributed by atoms with Crippen LogP contribution in [-0.4, -0.2) is 37.6 Å². The molecule has 0 radical (unpaired) electrons. The molecule has 0 aromatic heterocycles. The first-order valence-electron chi connectivity index (χ1n) is 11.7. The Kier molecular flexibility index (Phi) is 5.53. The van der Waals surface area contributed by atoms with Gasteiger partial charge in [0.15, 0.2) is 0 Å². The Morgan fingerprint density at radius 3 is 2.59 bits per heavy atom. The largest absolute Gasteiger partial charge is 0.387 e. The molecule has 4 fully saturated rings. The molecule has 27 heavy (non-hydrogen) atoms. The van der Waals surface area contributed by atoms with Gasteiger partial charge in [0.05, 0.1) is 12.2 Å². The molecule has 0 aromatic carbocycles. The summed E-state index contributed by atoms with van der Waals surface area (Å²) in [7, 11) is 2.04. The first-order chi connectivity index (χ1) is 12.9. The van der Waals surface area contributed by atoms with Crippen LogP contribution in [0.15, 0.2) is 0 Å². The van der Waals surface area contributed by atoms with Gasteiger partial charge in [0, 0.05) is 12.5 Å². The lowest BCUT2D eigenvalue weighted by Gasteiger charge is -2.57. The molecule has 0 amide bonds. The molecule has 4 saturated carbocycles. The molecular weight excluding hydrogens is 335 g/mol. The smallest absolute Gasteiger partial charge is 0.128 e. The van der Waals surface area contributed by atoms with Gasteiger partial charge in [-0.2, -0.15) is 0 Å². The molecule has 0 aliphatic heterocycles. The maximum atomic E-state index is 12.6. The maximum Gasteiger partial charge on any atom is 0.128 e. The number of carbonyl (C=O) groups excluding carboxylic acids is 1. The normalized spacial score (nSPS) is 49.1.